The Morgan fingerprint density at radius 1 is 1.57 bits per heavy atom. The molecule has 5 heteroatoms. The van der Waals surface area contributed by atoms with E-state index in [2.05, 4.69) is 5.10 Å². The molecule has 2 fully saturated rings. The van der Waals surface area contributed by atoms with Gasteiger partial charge < -0.3 is 9.47 Å². The fourth-order valence-corrected chi connectivity index (χ4v) is 1.96. The van der Waals surface area contributed by atoms with Gasteiger partial charge >= 0.3 is 0 Å². The van der Waals surface area contributed by atoms with Crippen LogP contribution in [0.2, 0.25) is 0 Å². The van der Waals surface area contributed by atoms with Crippen LogP contribution in [0.4, 0.5) is 0 Å². The van der Waals surface area contributed by atoms with Gasteiger partial charge in [0.2, 0.25) is 6.29 Å². The Hall–Kier alpha value is -1.20. The largest absolute Gasteiger partial charge is 0.343 e. The molecule has 3 unspecified atom stereocenters. The second-order valence-corrected chi connectivity index (χ2v) is 3.56. The van der Waals surface area contributed by atoms with Gasteiger partial charge in [-0.05, 0) is 6.07 Å². The van der Waals surface area contributed by atoms with Crippen molar-refractivity contribution in [3.05, 3.63) is 18.5 Å². The van der Waals surface area contributed by atoms with E-state index in [1.807, 2.05) is 12.3 Å². The summed E-state index contributed by atoms with van der Waals surface area (Å²) in [6.45, 7) is 0.487. The summed E-state index contributed by atoms with van der Waals surface area (Å²) in [5.74, 6) is 0.0132. The first-order valence-electron chi connectivity index (χ1n) is 4.63. The number of hydrogen-bond acceptors (Lipinski definition) is 4. The van der Waals surface area contributed by atoms with E-state index in [1.54, 1.807) is 10.9 Å². The molecule has 0 N–H and O–H groups in total. The monoisotopic (exact) mass is 194 g/mol. The van der Waals surface area contributed by atoms with Crippen molar-refractivity contribution in [3.8, 4) is 0 Å². The van der Waals surface area contributed by atoms with E-state index in [4.69, 9.17) is 9.47 Å². The molecule has 2 saturated heterocycles. The number of rotatable bonds is 1. The molecule has 3 heterocycles. The third-order valence-corrected chi connectivity index (χ3v) is 2.68. The van der Waals surface area contributed by atoms with Crippen LogP contribution in [-0.4, -0.2) is 34.6 Å². The highest BCUT2D eigenvalue weighted by molar-refractivity contribution is 5.83. The molecule has 0 saturated carbocycles. The van der Waals surface area contributed by atoms with E-state index in [0.29, 0.717) is 13.0 Å². The smallest absolute Gasteiger partial charge is 0.218 e. The summed E-state index contributed by atoms with van der Waals surface area (Å²) in [6.07, 6.45) is 3.35. The Labute approximate surface area is 80.6 Å². The van der Waals surface area contributed by atoms with E-state index >= 15 is 0 Å². The first-order chi connectivity index (χ1) is 6.84. The van der Waals surface area contributed by atoms with Crippen LogP contribution in [0.15, 0.2) is 18.5 Å². The van der Waals surface area contributed by atoms with Gasteiger partial charge in [-0.15, -0.1) is 0 Å². The number of fused-ring (bicyclic) bond motifs is 2. The van der Waals surface area contributed by atoms with E-state index in [-0.39, 0.29) is 17.9 Å². The maximum absolute atomic E-state index is 11.5. The summed E-state index contributed by atoms with van der Waals surface area (Å²) in [5.41, 5.74) is 0. The number of hydrogen-bond donors (Lipinski definition) is 0. The van der Waals surface area contributed by atoms with E-state index in [9.17, 15) is 4.79 Å². The van der Waals surface area contributed by atoms with Gasteiger partial charge in [0, 0.05) is 18.8 Å². The minimum atomic E-state index is -0.619. The highest BCUT2D eigenvalue weighted by Gasteiger charge is 2.44. The molecule has 1 aromatic heterocycles. The second kappa shape index (κ2) is 2.90. The third-order valence-electron chi connectivity index (χ3n) is 2.68. The zero-order chi connectivity index (χ0) is 9.54. The molecule has 3 rings (SSSR count). The number of Topliss-reactive ketones (excluding diaryl/α,β-unsaturated/α-hetero) is 1. The van der Waals surface area contributed by atoms with Gasteiger partial charge in [-0.3, -0.25) is 9.48 Å². The topological polar surface area (TPSA) is 53.4 Å². The maximum Gasteiger partial charge on any atom is 0.218 e. The average Bonchev–Trinajstić information content (AvgIpc) is 2.83. The van der Waals surface area contributed by atoms with Crippen LogP contribution in [0.25, 0.3) is 0 Å². The minimum absolute atomic E-state index is 0.00347. The second-order valence-electron chi connectivity index (χ2n) is 3.56. The van der Waals surface area contributed by atoms with Crippen LogP contribution in [0.1, 0.15) is 12.5 Å². The summed E-state index contributed by atoms with van der Waals surface area (Å²) < 4.78 is 12.4. The molecule has 3 atom stereocenters. The quantitative estimate of drug-likeness (QED) is 0.638. The maximum atomic E-state index is 11.5. The molecular formula is C9H10N2O3. The number of aromatic nitrogens is 2. The molecule has 0 spiro atoms. The summed E-state index contributed by atoms with van der Waals surface area (Å²) >= 11 is 0. The standard InChI is InChI=1S/C9H10N2O3/c12-7-4-6(11-3-1-2-10-11)8-5-13-9(7)14-8/h1-3,6,8-9H,4-5H2. The number of ketones is 1. The van der Waals surface area contributed by atoms with Crippen molar-refractivity contribution in [1.82, 2.24) is 9.78 Å². The van der Waals surface area contributed by atoms with Gasteiger partial charge in [0.15, 0.2) is 5.78 Å². The first-order valence-corrected chi connectivity index (χ1v) is 4.63. The molecule has 0 radical (unpaired) electrons. The molecule has 14 heavy (non-hydrogen) atoms. The lowest BCUT2D eigenvalue weighted by atomic mass is 10.0. The third kappa shape index (κ3) is 1.09. The number of carbonyl (C=O) groups is 1. The molecule has 0 amide bonds. The number of ether oxygens (including phenoxy) is 2. The van der Waals surface area contributed by atoms with E-state index in [0.717, 1.165) is 0 Å². The first kappa shape index (κ1) is 8.14. The lowest BCUT2D eigenvalue weighted by Gasteiger charge is -2.26. The summed E-state index contributed by atoms with van der Waals surface area (Å²) in [7, 11) is 0. The van der Waals surface area contributed by atoms with Crippen molar-refractivity contribution < 1.29 is 14.3 Å². The van der Waals surface area contributed by atoms with Crippen LogP contribution in [-0.2, 0) is 14.3 Å². The highest BCUT2D eigenvalue weighted by Crippen LogP contribution is 2.32. The summed E-state index contributed by atoms with van der Waals surface area (Å²) in [4.78, 5) is 11.5. The van der Waals surface area contributed by atoms with Gasteiger partial charge in [-0.2, -0.15) is 5.10 Å². The highest BCUT2D eigenvalue weighted by atomic mass is 16.7. The lowest BCUT2D eigenvalue weighted by molar-refractivity contribution is -0.156. The van der Waals surface area contributed by atoms with Crippen molar-refractivity contribution in [3.63, 3.8) is 0 Å². The van der Waals surface area contributed by atoms with Crippen LogP contribution < -0.4 is 0 Å². The molecule has 2 aliphatic rings. The van der Waals surface area contributed by atoms with Crippen LogP contribution >= 0.6 is 0 Å². The predicted molar refractivity (Wildman–Crippen MR) is 45.5 cm³/mol. The van der Waals surface area contributed by atoms with E-state index < -0.39 is 6.29 Å². The fraction of sp³-hybridized carbons (Fsp3) is 0.556. The minimum Gasteiger partial charge on any atom is -0.343 e. The van der Waals surface area contributed by atoms with Crippen molar-refractivity contribution >= 4 is 5.78 Å². The number of carbonyl (C=O) groups excluding carboxylic acids is 1. The molecular weight excluding hydrogens is 184 g/mol. The van der Waals surface area contributed by atoms with Gasteiger partial charge in [-0.25, -0.2) is 0 Å². The molecule has 0 aromatic carbocycles. The molecule has 5 nitrogen and oxygen atoms in total. The summed E-state index contributed by atoms with van der Waals surface area (Å²) in [5, 5.41) is 4.12. The number of nitrogens with zero attached hydrogens (tertiary/aromatic N) is 2. The van der Waals surface area contributed by atoms with Gasteiger partial charge in [0.1, 0.15) is 6.10 Å². The Morgan fingerprint density at radius 3 is 3.29 bits per heavy atom. The van der Waals surface area contributed by atoms with Crippen LogP contribution in [0, 0.1) is 0 Å². The van der Waals surface area contributed by atoms with Crippen molar-refractivity contribution in [2.75, 3.05) is 6.61 Å². The molecule has 2 bridgehead atoms. The molecule has 0 aliphatic carbocycles. The predicted octanol–water partition coefficient (Wildman–Crippen LogP) is 0.138. The Morgan fingerprint density at radius 2 is 2.50 bits per heavy atom. The summed E-state index contributed by atoms with van der Waals surface area (Å²) in [6, 6.07) is 1.84. The normalized spacial score (nSPS) is 36.3. The lowest BCUT2D eigenvalue weighted by Crippen LogP contribution is -2.37. The molecule has 74 valence electrons. The van der Waals surface area contributed by atoms with Gasteiger partial charge in [0.25, 0.3) is 0 Å². The fourth-order valence-electron chi connectivity index (χ4n) is 1.96. The SMILES string of the molecule is O=C1CC(n2cccn2)C2COC1O2. The Kier molecular flexibility index (Phi) is 1.68. The molecule has 1 aromatic rings. The average molecular weight is 194 g/mol. The van der Waals surface area contributed by atoms with Crippen molar-refractivity contribution in [1.29, 1.82) is 0 Å². The molecule has 2 aliphatic heterocycles. The zero-order valence-corrected chi connectivity index (χ0v) is 7.50. The van der Waals surface area contributed by atoms with Crippen molar-refractivity contribution in [2.24, 2.45) is 0 Å². The van der Waals surface area contributed by atoms with Crippen molar-refractivity contribution in [2.45, 2.75) is 24.9 Å². The van der Waals surface area contributed by atoms with Gasteiger partial charge in [0.05, 0.1) is 12.6 Å². The Balaban J connectivity index is 1.90. The van der Waals surface area contributed by atoms with Crippen LogP contribution in [0.3, 0.4) is 0 Å². The van der Waals surface area contributed by atoms with Gasteiger partial charge in [-0.1, -0.05) is 0 Å². The van der Waals surface area contributed by atoms with Crippen LogP contribution in [0.5, 0.6) is 0 Å². The Bertz CT molecular complexity index is 349. The van der Waals surface area contributed by atoms with E-state index in [1.165, 1.54) is 0 Å². The zero-order valence-electron chi connectivity index (χ0n) is 7.50.